The number of carbonyl (C=O) groups excluding carboxylic acids is 1. The summed E-state index contributed by atoms with van der Waals surface area (Å²) in [7, 11) is 0. The Bertz CT molecular complexity index is 736. The summed E-state index contributed by atoms with van der Waals surface area (Å²) < 4.78 is 0. The van der Waals surface area contributed by atoms with E-state index in [0.29, 0.717) is 13.0 Å². The number of nitrogens with one attached hydrogen (secondary N) is 1. The molecule has 0 aliphatic rings. The number of unbranched alkanes of at least 4 members (excludes halogenated alkanes) is 15. The van der Waals surface area contributed by atoms with Gasteiger partial charge in [-0.25, -0.2) is 0 Å². The second kappa shape index (κ2) is 22.8. The molecule has 210 valence electrons. The van der Waals surface area contributed by atoms with Gasteiger partial charge in [0.1, 0.15) is 6.04 Å². The molecular weight excluding hydrogens is 464 g/mol. The number of nitrogens with zero attached hydrogens (tertiary/aromatic N) is 1. The first-order chi connectivity index (χ1) is 18.0. The van der Waals surface area contributed by atoms with Gasteiger partial charge < -0.3 is 15.5 Å². The first-order valence-corrected chi connectivity index (χ1v) is 14.8. The molecule has 1 amide bonds. The number of aliphatic carboxylic acids is 1. The van der Waals surface area contributed by atoms with Crippen molar-refractivity contribution < 1.29 is 19.8 Å². The second-order valence-corrected chi connectivity index (χ2v) is 10.2. The monoisotopic (exact) mass is 515 g/mol. The molecule has 2 N–H and O–H groups in total. The highest BCUT2D eigenvalue weighted by molar-refractivity contribution is 5.86. The van der Waals surface area contributed by atoms with E-state index in [-0.39, 0.29) is 18.7 Å². The maximum absolute atomic E-state index is 12.7. The van der Waals surface area contributed by atoms with Crippen LogP contribution in [0.3, 0.4) is 0 Å². The molecule has 0 aliphatic carbocycles. The largest absolute Gasteiger partial charge is 0.862 e. The SMILES string of the molecule is CCCCCCCCCCCCCCCCCCNC(=O)[C@@H](Cc1ccccc1)N=C([O-])CCC(=O)O. The molecule has 1 atom stereocenters. The summed E-state index contributed by atoms with van der Waals surface area (Å²) in [5, 5.41) is 23.8. The molecule has 0 unspecified atom stereocenters. The van der Waals surface area contributed by atoms with E-state index in [4.69, 9.17) is 5.11 Å². The average Bonchev–Trinajstić information content (AvgIpc) is 2.89. The van der Waals surface area contributed by atoms with Crippen LogP contribution in [0.2, 0.25) is 0 Å². The predicted molar refractivity (Wildman–Crippen MR) is 151 cm³/mol. The summed E-state index contributed by atoms with van der Waals surface area (Å²) in [5.41, 5.74) is 0.917. The molecule has 1 rings (SSSR count). The predicted octanol–water partition coefficient (Wildman–Crippen LogP) is 6.60. The van der Waals surface area contributed by atoms with E-state index in [1.165, 1.54) is 89.9 Å². The fourth-order valence-corrected chi connectivity index (χ4v) is 4.49. The molecule has 1 aromatic rings. The first kappa shape index (κ1) is 32.7. The zero-order valence-corrected chi connectivity index (χ0v) is 23.2. The molecule has 0 aliphatic heterocycles. The van der Waals surface area contributed by atoms with Gasteiger partial charge in [-0.15, -0.1) is 0 Å². The van der Waals surface area contributed by atoms with Crippen LogP contribution in [0.15, 0.2) is 35.3 Å². The number of hydrogen-bond donors (Lipinski definition) is 2. The van der Waals surface area contributed by atoms with Crippen molar-refractivity contribution in [2.75, 3.05) is 6.54 Å². The summed E-state index contributed by atoms with van der Waals surface area (Å²) in [6.45, 7) is 2.84. The zero-order chi connectivity index (χ0) is 27.0. The van der Waals surface area contributed by atoms with Gasteiger partial charge in [-0.3, -0.25) is 14.6 Å². The summed E-state index contributed by atoms with van der Waals surface area (Å²) in [4.78, 5) is 27.5. The average molecular weight is 516 g/mol. The molecule has 0 saturated heterocycles. The Labute approximate surface area is 225 Å². The van der Waals surface area contributed by atoms with Gasteiger partial charge in [0.2, 0.25) is 5.91 Å². The molecular formula is C31H51N2O4-. The number of hydrogen-bond acceptors (Lipinski definition) is 4. The summed E-state index contributed by atoms with van der Waals surface area (Å²) >= 11 is 0. The van der Waals surface area contributed by atoms with E-state index in [9.17, 15) is 14.7 Å². The number of carbonyl (C=O) groups is 2. The van der Waals surface area contributed by atoms with Crippen LogP contribution in [0.4, 0.5) is 0 Å². The zero-order valence-electron chi connectivity index (χ0n) is 23.2. The van der Waals surface area contributed by atoms with Crippen molar-refractivity contribution in [3.05, 3.63) is 35.9 Å². The third-order valence-electron chi connectivity index (χ3n) is 6.76. The fourth-order valence-electron chi connectivity index (χ4n) is 4.49. The van der Waals surface area contributed by atoms with Gasteiger partial charge in [0, 0.05) is 19.4 Å². The third-order valence-corrected chi connectivity index (χ3v) is 6.76. The number of amides is 1. The van der Waals surface area contributed by atoms with Crippen LogP contribution in [0.5, 0.6) is 0 Å². The minimum atomic E-state index is -1.05. The van der Waals surface area contributed by atoms with Crippen LogP contribution in [0.1, 0.15) is 128 Å². The van der Waals surface area contributed by atoms with Crippen molar-refractivity contribution in [2.24, 2.45) is 4.99 Å². The van der Waals surface area contributed by atoms with Crippen LogP contribution in [-0.4, -0.2) is 35.5 Å². The number of carboxylic acids is 1. The lowest BCUT2D eigenvalue weighted by Crippen LogP contribution is -2.37. The van der Waals surface area contributed by atoms with Gasteiger partial charge in [0.15, 0.2) is 0 Å². The molecule has 0 radical (unpaired) electrons. The van der Waals surface area contributed by atoms with Gasteiger partial charge in [-0.05, 0) is 24.3 Å². The van der Waals surface area contributed by atoms with Crippen molar-refractivity contribution in [3.63, 3.8) is 0 Å². The van der Waals surface area contributed by atoms with E-state index in [1.54, 1.807) is 0 Å². The fraction of sp³-hybridized carbons (Fsp3) is 0.710. The van der Waals surface area contributed by atoms with E-state index >= 15 is 0 Å². The van der Waals surface area contributed by atoms with Gasteiger partial charge in [-0.2, -0.15) is 0 Å². The highest BCUT2D eigenvalue weighted by atomic mass is 16.4. The minimum absolute atomic E-state index is 0.187. The standard InChI is InChI=1S/C31H52N2O4/c1-2-3-4-5-6-7-8-9-10-11-12-13-14-15-16-20-25-32-31(37)28(26-27-21-18-17-19-22-27)33-29(34)23-24-30(35)36/h17-19,21-22,28H,2-16,20,23-26H2,1H3,(H,32,37)(H,33,34)(H,35,36)/p-1/t28-/m1/s1. The summed E-state index contributed by atoms with van der Waals surface area (Å²) in [5.74, 6) is -1.86. The maximum atomic E-state index is 12.7. The quantitative estimate of drug-likeness (QED) is 0.0920. The number of benzene rings is 1. The van der Waals surface area contributed by atoms with Crippen molar-refractivity contribution in [1.29, 1.82) is 0 Å². The van der Waals surface area contributed by atoms with E-state index in [2.05, 4.69) is 17.2 Å². The van der Waals surface area contributed by atoms with Crippen molar-refractivity contribution >= 4 is 17.8 Å². The summed E-state index contributed by atoms with van der Waals surface area (Å²) in [6.07, 6.45) is 20.7. The Morgan fingerprint density at radius 2 is 1.27 bits per heavy atom. The lowest BCUT2D eigenvalue weighted by molar-refractivity contribution is -0.219. The number of carboxylic acid groups (broad SMARTS) is 1. The smallest absolute Gasteiger partial charge is 0.303 e. The van der Waals surface area contributed by atoms with Gasteiger partial charge >= 0.3 is 5.97 Å². The van der Waals surface area contributed by atoms with Crippen LogP contribution < -0.4 is 10.4 Å². The Morgan fingerprint density at radius 3 is 1.76 bits per heavy atom. The molecule has 1 aromatic carbocycles. The Hall–Kier alpha value is -2.37. The Kier molecular flexibility index (Phi) is 20.1. The van der Waals surface area contributed by atoms with E-state index in [1.807, 2.05) is 30.3 Å². The van der Waals surface area contributed by atoms with E-state index in [0.717, 1.165) is 18.4 Å². The molecule has 6 heteroatoms. The first-order valence-electron chi connectivity index (χ1n) is 14.8. The molecule has 0 bridgehead atoms. The van der Waals surface area contributed by atoms with E-state index < -0.39 is 17.9 Å². The second-order valence-electron chi connectivity index (χ2n) is 10.2. The molecule has 0 fully saturated rings. The molecule has 0 heterocycles. The van der Waals surface area contributed by atoms with Gasteiger partial charge in [-0.1, -0.05) is 134 Å². The molecule has 0 aromatic heterocycles. The van der Waals surface area contributed by atoms with Gasteiger partial charge in [0.05, 0.1) is 0 Å². The molecule has 6 nitrogen and oxygen atoms in total. The lowest BCUT2D eigenvalue weighted by Gasteiger charge is -2.18. The highest BCUT2D eigenvalue weighted by Gasteiger charge is 2.17. The van der Waals surface area contributed by atoms with Crippen LogP contribution in [0.25, 0.3) is 0 Å². The van der Waals surface area contributed by atoms with Crippen molar-refractivity contribution in [1.82, 2.24) is 5.32 Å². The maximum Gasteiger partial charge on any atom is 0.303 e. The lowest BCUT2D eigenvalue weighted by atomic mass is 10.0. The molecule has 37 heavy (non-hydrogen) atoms. The van der Waals surface area contributed by atoms with Gasteiger partial charge in [0.25, 0.3) is 0 Å². The van der Waals surface area contributed by atoms with Crippen molar-refractivity contribution in [3.8, 4) is 0 Å². The molecule has 0 saturated carbocycles. The Morgan fingerprint density at radius 1 is 0.784 bits per heavy atom. The minimum Gasteiger partial charge on any atom is -0.862 e. The summed E-state index contributed by atoms with van der Waals surface area (Å²) in [6, 6.07) is 8.62. The van der Waals surface area contributed by atoms with Crippen LogP contribution in [-0.2, 0) is 16.0 Å². The highest BCUT2D eigenvalue weighted by Crippen LogP contribution is 2.14. The van der Waals surface area contributed by atoms with Crippen molar-refractivity contribution in [2.45, 2.75) is 135 Å². The topological polar surface area (TPSA) is 102 Å². The Balaban J connectivity index is 2.13. The number of rotatable bonds is 24. The normalized spacial score (nSPS) is 12.4. The third kappa shape index (κ3) is 19.4. The molecule has 0 spiro atoms. The van der Waals surface area contributed by atoms with Crippen LogP contribution >= 0.6 is 0 Å². The number of aliphatic imine (C=N–C) groups is 1. The van der Waals surface area contributed by atoms with Crippen LogP contribution in [0, 0.1) is 0 Å².